The van der Waals surface area contributed by atoms with Crippen molar-refractivity contribution in [3.8, 4) is 0 Å². The summed E-state index contributed by atoms with van der Waals surface area (Å²) in [7, 11) is 0. The quantitative estimate of drug-likeness (QED) is 0.286. The molecule has 178 valence electrons. The van der Waals surface area contributed by atoms with Gasteiger partial charge in [-0.15, -0.1) is 0 Å². The summed E-state index contributed by atoms with van der Waals surface area (Å²) in [5.74, 6) is -0.489. The number of hydrogen-bond acceptors (Lipinski definition) is 3. The predicted octanol–water partition coefficient (Wildman–Crippen LogP) is 6.24. The Hall–Kier alpha value is -3.53. The maximum absolute atomic E-state index is 14.1. The molecule has 0 heterocycles. The molecule has 0 radical (unpaired) electrons. The number of aliphatic hydroxyl groups is 1. The van der Waals surface area contributed by atoms with Crippen molar-refractivity contribution in [1.29, 1.82) is 0 Å². The molecule has 0 saturated heterocycles. The molecule has 0 saturated carbocycles. The Morgan fingerprint density at radius 2 is 1.06 bits per heavy atom. The zero-order chi connectivity index (χ0) is 24.5. The van der Waals surface area contributed by atoms with E-state index in [1.165, 1.54) is 0 Å². The van der Waals surface area contributed by atoms with E-state index in [9.17, 15) is 9.90 Å². The summed E-state index contributed by atoms with van der Waals surface area (Å²) < 4.78 is 0. The second kappa shape index (κ2) is 12.3. The zero-order valence-corrected chi connectivity index (χ0v) is 20.2. The summed E-state index contributed by atoms with van der Waals surface area (Å²) >= 11 is 0. The summed E-state index contributed by atoms with van der Waals surface area (Å²) in [4.78, 5) is 16.3. The molecule has 0 fully saturated rings. The van der Waals surface area contributed by atoms with E-state index in [-0.39, 0.29) is 11.8 Å². The molecule has 3 nitrogen and oxygen atoms in total. The van der Waals surface area contributed by atoms with Crippen LogP contribution in [0.3, 0.4) is 0 Å². The first-order chi connectivity index (χ1) is 17.1. The Labute approximate surface area is 208 Å². The van der Waals surface area contributed by atoms with Gasteiger partial charge >= 0.3 is 0 Å². The minimum absolute atomic E-state index is 0.0528. The Kier molecular flexibility index (Phi) is 8.61. The first-order valence-electron chi connectivity index (χ1n) is 12.2. The topological polar surface area (TPSA) is 40.5 Å². The standard InChI is InChI=1S/C32H33NO2/c1-25(31(34)29-20-12-5-13-21-29)32(35)30(22-26-14-6-2-7-15-26)33(23-27-16-8-3-9-17-27)24-28-18-10-4-11-19-28/h2-21,25,30-31,34H,22-24H2,1H3/t25-,30+,31+/m1/s1. The smallest absolute Gasteiger partial charge is 0.156 e. The molecule has 0 aliphatic rings. The highest BCUT2D eigenvalue weighted by atomic mass is 16.3. The van der Waals surface area contributed by atoms with E-state index in [0.717, 1.165) is 22.3 Å². The van der Waals surface area contributed by atoms with Crippen LogP contribution in [0.4, 0.5) is 0 Å². The monoisotopic (exact) mass is 463 g/mol. The highest BCUT2D eigenvalue weighted by molar-refractivity contribution is 5.87. The van der Waals surface area contributed by atoms with E-state index >= 15 is 0 Å². The van der Waals surface area contributed by atoms with E-state index in [2.05, 4.69) is 41.3 Å². The lowest BCUT2D eigenvalue weighted by Gasteiger charge is -2.34. The van der Waals surface area contributed by atoms with Gasteiger partial charge in [-0.1, -0.05) is 128 Å². The summed E-state index contributed by atoms with van der Waals surface area (Å²) in [6, 6.07) is 39.8. The van der Waals surface area contributed by atoms with Crippen molar-refractivity contribution in [2.45, 2.75) is 38.6 Å². The van der Waals surface area contributed by atoms with Crippen LogP contribution >= 0.6 is 0 Å². The number of carbonyl (C=O) groups is 1. The van der Waals surface area contributed by atoms with Gasteiger partial charge in [0.05, 0.1) is 12.1 Å². The molecule has 3 atom stereocenters. The van der Waals surface area contributed by atoms with Gasteiger partial charge in [-0.3, -0.25) is 9.69 Å². The number of ketones is 1. The number of Topliss-reactive ketones (excluding diaryl/α,β-unsaturated/α-hetero) is 1. The Bertz CT molecular complexity index is 1120. The molecule has 4 aromatic carbocycles. The number of rotatable bonds is 11. The van der Waals surface area contributed by atoms with Crippen molar-refractivity contribution >= 4 is 5.78 Å². The molecule has 0 aromatic heterocycles. The van der Waals surface area contributed by atoms with Crippen molar-refractivity contribution in [2.24, 2.45) is 5.92 Å². The second-order valence-corrected chi connectivity index (χ2v) is 9.13. The molecule has 0 aliphatic carbocycles. The molecule has 3 heteroatoms. The second-order valence-electron chi connectivity index (χ2n) is 9.13. The number of benzene rings is 4. The van der Waals surface area contributed by atoms with E-state index < -0.39 is 12.0 Å². The number of hydrogen-bond donors (Lipinski definition) is 1. The van der Waals surface area contributed by atoms with Crippen LogP contribution in [0.2, 0.25) is 0 Å². The van der Waals surface area contributed by atoms with Gasteiger partial charge in [0.1, 0.15) is 0 Å². The average Bonchev–Trinajstić information content (AvgIpc) is 2.92. The Morgan fingerprint density at radius 1 is 0.657 bits per heavy atom. The van der Waals surface area contributed by atoms with Crippen LogP contribution in [0.5, 0.6) is 0 Å². The summed E-state index contributed by atoms with van der Waals surface area (Å²) in [5, 5.41) is 11.1. The third-order valence-corrected chi connectivity index (χ3v) is 6.56. The minimum atomic E-state index is -0.850. The van der Waals surface area contributed by atoms with E-state index in [1.54, 1.807) is 0 Å². The van der Waals surface area contributed by atoms with E-state index in [4.69, 9.17) is 0 Å². The van der Waals surface area contributed by atoms with Crippen LogP contribution in [0, 0.1) is 5.92 Å². The fourth-order valence-corrected chi connectivity index (χ4v) is 4.56. The maximum atomic E-state index is 14.1. The SMILES string of the molecule is C[C@@H](C(=O)[C@H](Cc1ccccc1)N(Cc1ccccc1)Cc1ccccc1)[C@H](O)c1ccccc1. The predicted molar refractivity (Wildman–Crippen MR) is 142 cm³/mol. The lowest BCUT2D eigenvalue weighted by Crippen LogP contribution is -2.45. The molecule has 1 N–H and O–H groups in total. The summed E-state index contributed by atoms with van der Waals surface area (Å²) in [6.45, 7) is 3.14. The fraction of sp³-hybridized carbons (Fsp3) is 0.219. The van der Waals surface area contributed by atoms with Crippen LogP contribution in [0.15, 0.2) is 121 Å². The molecule has 0 aliphatic heterocycles. The van der Waals surface area contributed by atoms with Crippen molar-refractivity contribution in [2.75, 3.05) is 0 Å². The first-order valence-corrected chi connectivity index (χ1v) is 12.2. The van der Waals surface area contributed by atoms with Gasteiger partial charge in [0, 0.05) is 19.0 Å². The van der Waals surface area contributed by atoms with Crippen LogP contribution in [-0.4, -0.2) is 21.8 Å². The Balaban J connectivity index is 1.68. The van der Waals surface area contributed by atoms with Gasteiger partial charge in [-0.05, 0) is 28.7 Å². The molecule has 4 rings (SSSR count). The lowest BCUT2D eigenvalue weighted by atomic mass is 9.87. The lowest BCUT2D eigenvalue weighted by molar-refractivity contribution is -0.131. The van der Waals surface area contributed by atoms with Gasteiger partial charge in [-0.25, -0.2) is 0 Å². The van der Waals surface area contributed by atoms with Gasteiger partial charge in [-0.2, -0.15) is 0 Å². The molecule has 4 aromatic rings. The molecule has 35 heavy (non-hydrogen) atoms. The zero-order valence-electron chi connectivity index (χ0n) is 20.2. The molecule has 0 amide bonds. The highest BCUT2D eigenvalue weighted by Gasteiger charge is 2.33. The van der Waals surface area contributed by atoms with Gasteiger partial charge < -0.3 is 5.11 Å². The van der Waals surface area contributed by atoms with E-state index in [0.29, 0.717) is 19.5 Å². The summed E-state index contributed by atoms with van der Waals surface area (Å²) in [5.41, 5.74) is 4.19. The third-order valence-electron chi connectivity index (χ3n) is 6.56. The third kappa shape index (κ3) is 6.75. The highest BCUT2D eigenvalue weighted by Crippen LogP contribution is 2.27. The maximum Gasteiger partial charge on any atom is 0.156 e. The first kappa shape index (κ1) is 24.6. The molecule has 0 bridgehead atoms. The van der Waals surface area contributed by atoms with Gasteiger partial charge in [0.2, 0.25) is 0 Å². The molecule has 0 unspecified atom stereocenters. The number of nitrogens with zero attached hydrogens (tertiary/aromatic N) is 1. The largest absolute Gasteiger partial charge is 0.388 e. The van der Waals surface area contributed by atoms with Crippen molar-refractivity contribution < 1.29 is 9.90 Å². The van der Waals surface area contributed by atoms with Crippen LogP contribution in [-0.2, 0) is 24.3 Å². The van der Waals surface area contributed by atoms with Crippen LogP contribution in [0.1, 0.15) is 35.3 Å². The molecular formula is C32H33NO2. The van der Waals surface area contributed by atoms with Crippen LogP contribution in [0.25, 0.3) is 0 Å². The van der Waals surface area contributed by atoms with Crippen molar-refractivity contribution in [1.82, 2.24) is 4.90 Å². The van der Waals surface area contributed by atoms with Crippen LogP contribution < -0.4 is 0 Å². The summed E-state index contributed by atoms with van der Waals surface area (Å²) in [6.07, 6.45) is -0.261. The van der Waals surface area contributed by atoms with Crippen molar-refractivity contribution in [3.05, 3.63) is 144 Å². The Morgan fingerprint density at radius 3 is 1.51 bits per heavy atom. The number of carbonyl (C=O) groups excluding carboxylic acids is 1. The van der Waals surface area contributed by atoms with E-state index in [1.807, 2.05) is 91.9 Å². The fourth-order valence-electron chi connectivity index (χ4n) is 4.56. The molecular weight excluding hydrogens is 430 g/mol. The van der Waals surface area contributed by atoms with Gasteiger partial charge in [0.15, 0.2) is 5.78 Å². The number of aliphatic hydroxyl groups excluding tert-OH is 1. The van der Waals surface area contributed by atoms with Crippen molar-refractivity contribution in [3.63, 3.8) is 0 Å². The van der Waals surface area contributed by atoms with Gasteiger partial charge in [0.25, 0.3) is 0 Å². The minimum Gasteiger partial charge on any atom is -0.388 e. The molecule has 0 spiro atoms. The normalized spacial score (nSPS) is 13.8. The average molecular weight is 464 g/mol.